The van der Waals surface area contributed by atoms with Crippen LogP contribution >= 0.6 is 27.5 Å². The number of amides is 3. The van der Waals surface area contributed by atoms with Crippen molar-refractivity contribution in [2.24, 2.45) is 23.7 Å². The Labute approximate surface area is 194 Å². The molecule has 3 aliphatic rings. The van der Waals surface area contributed by atoms with E-state index in [1.807, 2.05) is 18.2 Å². The average Bonchev–Trinajstić information content (AvgIpc) is 3.43. The minimum absolute atomic E-state index is 0.175. The van der Waals surface area contributed by atoms with Crippen LogP contribution in [0, 0.1) is 30.6 Å². The van der Waals surface area contributed by atoms with E-state index in [0.29, 0.717) is 16.6 Å². The number of benzene rings is 2. The minimum Gasteiger partial charge on any atom is -0.324 e. The summed E-state index contributed by atoms with van der Waals surface area (Å²) >= 11 is 9.59. The zero-order chi connectivity index (χ0) is 21.9. The van der Waals surface area contributed by atoms with Crippen LogP contribution in [0.25, 0.3) is 0 Å². The minimum atomic E-state index is -0.393. The van der Waals surface area contributed by atoms with Gasteiger partial charge in [0, 0.05) is 10.2 Å². The van der Waals surface area contributed by atoms with E-state index in [4.69, 9.17) is 11.6 Å². The lowest BCUT2D eigenvalue weighted by Gasteiger charge is -2.28. The Balaban J connectivity index is 1.32. The van der Waals surface area contributed by atoms with E-state index in [2.05, 4.69) is 33.4 Å². The van der Waals surface area contributed by atoms with E-state index in [9.17, 15) is 14.4 Å². The maximum atomic E-state index is 13.2. The molecule has 7 heteroatoms. The van der Waals surface area contributed by atoms with Crippen molar-refractivity contribution in [1.29, 1.82) is 0 Å². The van der Waals surface area contributed by atoms with Gasteiger partial charge in [0.05, 0.1) is 16.9 Å². The monoisotopic (exact) mass is 500 g/mol. The standard InChI is InChI=1S/C24H22BrClN2O3/c1-12-18(8-7-17(25)22(12)26)27-19(29)11-28-23(30)20-14-9-15(13-5-3-2-4-6-13)16(10-14)21(20)24(28)31/h2-8,14-16,20-21H,9-11H2,1H3,(H,27,29)/t14-,15-,16-,20+,21+/m1/s1. The molecule has 3 amide bonds. The lowest BCUT2D eigenvalue weighted by molar-refractivity contribution is -0.143. The van der Waals surface area contributed by atoms with Crippen LogP contribution in [-0.2, 0) is 14.4 Å². The van der Waals surface area contributed by atoms with E-state index >= 15 is 0 Å². The highest BCUT2D eigenvalue weighted by atomic mass is 79.9. The molecule has 5 nitrogen and oxygen atoms in total. The first-order valence-corrected chi connectivity index (χ1v) is 11.7. The summed E-state index contributed by atoms with van der Waals surface area (Å²) in [5, 5.41) is 3.31. The number of fused-ring (bicyclic) bond motifs is 5. The lowest BCUT2D eigenvalue weighted by atomic mass is 9.73. The molecule has 1 saturated heterocycles. The second kappa shape index (κ2) is 7.75. The predicted octanol–water partition coefficient (Wildman–Crippen LogP) is 4.77. The maximum absolute atomic E-state index is 13.2. The molecule has 5 rings (SSSR count). The van der Waals surface area contributed by atoms with Gasteiger partial charge in [0.15, 0.2) is 0 Å². The Kier molecular flexibility index (Phi) is 5.18. The van der Waals surface area contributed by atoms with Crippen molar-refractivity contribution >= 4 is 50.9 Å². The van der Waals surface area contributed by atoms with Crippen molar-refractivity contribution in [2.75, 3.05) is 11.9 Å². The van der Waals surface area contributed by atoms with Crippen molar-refractivity contribution in [1.82, 2.24) is 4.90 Å². The fourth-order valence-corrected chi connectivity index (χ4v) is 6.48. The van der Waals surface area contributed by atoms with Gasteiger partial charge in [-0.2, -0.15) is 0 Å². The van der Waals surface area contributed by atoms with Crippen LogP contribution in [0.1, 0.15) is 29.9 Å². The van der Waals surface area contributed by atoms with Gasteiger partial charge in [0.25, 0.3) is 0 Å². The van der Waals surface area contributed by atoms with E-state index in [1.165, 1.54) is 10.5 Å². The molecule has 0 spiro atoms. The smallest absolute Gasteiger partial charge is 0.244 e. The fraction of sp³-hybridized carbons (Fsp3) is 0.375. The molecule has 3 fully saturated rings. The van der Waals surface area contributed by atoms with Crippen LogP contribution in [-0.4, -0.2) is 29.2 Å². The summed E-state index contributed by atoms with van der Waals surface area (Å²) in [6, 6.07) is 13.8. The zero-order valence-electron chi connectivity index (χ0n) is 17.0. The number of anilines is 1. The van der Waals surface area contributed by atoms with Crippen LogP contribution < -0.4 is 5.32 Å². The Morgan fingerprint density at radius 2 is 1.81 bits per heavy atom. The van der Waals surface area contributed by atoms with Crippen molar-refractivity contribution in [3.63, 3.8) is 0 Å². The third kappa shape index (κ3) is 3.31. The van der Waals surface area contributed by atoms with E-state index < -0.39 is 5.91 Å². The quantitative estimate of drug-likeness (QED) is 0.614. The molecule has 2 aromatic carbocycles. The molecule has 31 heavy (non-hydrogen) atoms. The summed E-state index contributed by atoms with van der Waals surface area (Å²) in [4.78, 5) is 40.2. The highest BCUT2D eigenvalue weighted by Crippen LogP contribution is 2.61. The number of likely N-dealkylation sites (tertiary alicyclic amines) is 1. The summed E-state index contributed by atoms with van der Waals surface area (Å²) in [5.74, 6) is -0.631. The molecule has 1 aliphatic heterocycles. The summed E-state index contributed by atoms with van der Waals surface area (Å²) in [6.45, 7) is 1.55. The van der Waals surface area contributed by atoms with Crippen LogP contribution in [0.4, 0.5) is 5.69 Å². The van der Waals surface area contributed by atoms with E-state index in [-0.39, 0.29) is 42.0 Å². The number of nitrogens with one attached hydrogen (secondary N) is 1. The summed E-state index contributed by atoms with van der Waals surface area (Å²) in [5.41, 5.74) is 2.54. The first-order valence-electron chi connectivity index (χ1n) is 10.5. The van der Waals surface area contributed by atoms with Crippen molar-refractivity contribution < 1.29 is 14.4 Å². The Morgan fingerprint density at radius 1 is 1.10 bits per heavy atom. The van der Waals surface area contributed by atoms with Gasteiger partial charge in [-0.25, -0.2) is 0 Å². The van der Waals surface area contributed by atoms with Crippen LogP contribution in [0.5, 0.6) is 0 Å². The second-order valence-corrected chi connectivity index (χ2v) is 10.0. The van der Waals surface area contributed by atoms with Crippen LogP contribution in [0.2, 0.25) is 5.02 Å². The predicted molar refractivity (Wildman–Crippen MR) is 122 cm³/mol. The Bertz CT molecular complexity index is 1090. The summed E-state index contributed by atoms with van der Waals surface area (Å²) < 4.78 is 0.742. The number of rotatable bonds is 4. The molecule has 2 saturated carbocycles. The van der Waals surface area contributed by atoms with Gasteiger partial charge in [0.1, 0.15) is 6.54 Å². The largest absolute Gasteiger partial charge is 0.324 e. The number of carbonyl (C=O) groups excluding carboxylic acids is 3. The average molecular weight is 502 g/mol. The molecule has 2 aromatic rings. The normalized spacial score (nSPS) is 28.9. The van der Waals surface area contributed by atoms with Gasteiger partial charge in [0.2, 0.25) is 17.7 Å². The third-order valence-corrected chi connectivity index (χ3v) is 8.63. The molecule has 0 radical (unpaired) electrons. The molecule has 1 heterocycles. The topological polar surface area (TPSA) is 66.5 Å². The van der Waals surface area contributed by atoms with Crippen molar-refractivity contribution in [2.45, 2.75) is 25.7 Å². The Hall–Kier alpha value is -2.18. The van der Waals surface area contributed by atoms with E-state index in [1.54, 1.807) is 19.1 Å². The lowest BCUT2D eigenvalue weighted by Crippen LogP contribution is -2.39. The number of nitrogens with zero attached hydrogens (tertiary/aromatic N) is 1. The Morgan fingerprint density at radius 3 is 2.55 bits per heavy atom. The van der Waals surface area contributed by atoms with Gasteiger partial charge in [-0.1, -0.05) is 41.9 Å². The van der Waals surface area contributed by atoms with Crippen molar-refractivity contribution in [3.05, 3.63) is 63.1 Å². The van der Waals surface area contributed by atoms with Crippen LogP contribution in [0.15, 0.2) is 46.9 Å². The fourth-order valence-electron chi connectivity index (χ4n) is 5.88. The van der Waals surface area contributed by atoms with Gasteiger partial charge in [-0.05, 0) is 76.7 Å². The number of hydrogen-bond acceptors (Lipinski definition) is 3. The zero-order valence-corrected chi connectivity index (χ0v) is 19.3. The molecule has 0 aromatic heterocycles. The summed E-state index contributed by atoms with van der Waals surface area (Å²) in [7, 11) is 0. The van der Waals surface area contributed by atoms with Gasteiger partial charge in [-0.15, -0.1) is 0 Å². The molecular formula is C24H22BrClN2O3. The van der Waals surface area contributed by atoms with Crippen LogP contribution in [0.3, 0.4) is 0 Å². The molecular weight excluding hydrogens is 480 g/mol. The highest BCUT2D eigenvalue weighted by molar-refractivity contribution is 9.10. The number of carbonyl (C=O) groups is 3. The van der Waals surface area contributed by atoms with Gasteiger partial charge >= 0.3 is 0 Å². The second-order valence-electron chi connectivity index (χ2n) is 8.81. The molecule has 0 unspecified atom stereocenters. The molecule has 2 aliphatic carbocycles. The van der Waals surface area contributed by atoms with Gasteiger partial charge in [-0.3, -0.25) is 19.3 Å². The van der Waals surface area contributed by atoms with Gasteiger partial charge < -0.3 is 5.32 Å². The number of imide groups is 1. The van der Waals surface area contributed by atoms with E-state index in [0.717, 1.165) is 22.9 Å². The molecule has 160 valence electrons. The molecule has 5 atom stereocenters. The molecule has 2 bridgehead atoms. The van der Waals surface area contributed by atoms with Crippen molar-refractivity contribution in [3.8, 4) is 0 Å². The third-order valence-electron chi connectivity index (χ3n) is 7.25. The molecule has 1 N–H and O–H groups in total. The first kappa shape index (κ1) is 20.7. The highest BCUT2D eigenvalue weighted by Gasteiger charge is 2.63. The summed E-state index contributed by atoms with van der Waals surface area (Å²) in [6.07, 6.45) is 1.86. The first-order chi connectivity index (χ1) is 14.9. The SMILES string of the molecule is Cc1c(NC(=O)CN2C(=O)[C@H]3[C@H]4C[C@@H]([C@@H]3C2=O)[C@@H](c2ccccc2)C4)ccc(Br)c1Cl. The number of halogens is 2. The maximum Gasteiger partial charge on any atom is 0.244 e. The number of hydrogen-bond donors (Lipinski definition) is 1.